The van der Waals surface area contributed by atoms with Gasteiger partial charge in [0.25, 0.3) is 5.91 Å². The fourth-order valence-corrected chi connectivity index (χ4v) is 5.59. The molecule has 2 amide bonds. The van der Waals surface area contributed by atoms with E-state index >= 15 is 0 Å². The summed E-state index contributed by atoms with van der Waals surface area (Å²) < 4.78 is 6.21. The Morgan fingerprint density at radius 3 is 2.26 bits per heavy atom. The van der Waals surface area contributed by atoms with Gasteiger partial charge in [0.15, 0.2) is 11.5 Å². The number of likely N-dealkylation sites (N-methyl/N-ethyl adjacent to an activating group) is 1. The Bertz CT molecular complexity index is 1430. The van der Waals surface area contributed by atoms with Gasteiger partial charge in [-0.15, -0.1) is 0 Å². The summed E-state index contributed by atoms with van der Waals surface area (Å²) >= 11 is 6.07. The molecular weight excluding hydrogens is 566 g/mol. The largest absolute Gasteiger partial charge is 0.455 e. The summed E-state index contributed by atoms with van der Waals surface area (Å²) in [5.41, 5.74) is 3.30. The maximum Gasteiger partial charge on any atom is 0.256 e. The number of anilines is 1. The van der Waals surface area contributed by atoms with Crippen molar-refractivity contribution >= 4 is 34.9 Å². The van der Waals surface area contributed by atoms with Gasteiger partial charge in [-0.2, -0.15) is 0 Å². The molecule has 0 aromatic heterocycles. The predicted molar refractivity (Wildman–Crippen MR) is 167 cm³/mol. The molecule has 0 bridgehead atoms. The van der Waals surface area contributed by atoms with Crippen LogP contribution in [0.1, 0.15) is 41.3 Å². The molecule has 1 N–H and O–H groups in total. The summed E-state index contributed by atoms with van der Waals surface area (Å²) in [6.45, 7) is 5.96. The lowest BCUT2D eigenvalue weighted by molar-refractivity contribution is -0.145. The number of ketones is 1. The minimum atomic E-state index is -0.214. The molecular formula is C33H38ClN5O4. The molecule has 0 aliphatic carbocycles. The Labute approximate surface area is 257 Å². The molecule has 2 aliphatic heterocycles. The highest BCUT2D eigenvalue weighted by Crippen LogP contribution is 2.34. The average Bonchev–Trinajstić information content (AvgIpc) is 3.68. The number of ether oxygens (including phenoxy) is 1. The zero-order valence-electron chi connectivity index (χ0n) is 24.7. The number of fused-ring (bicyclic) bond motifs is 1. The molecule has 9 nitrogen and oxygen atoms in total. The third-order valence-corrected chi connectivity index (χ3v) is 8.22. The van der Waals surface area contributed by atoms with Crippen molar-refractivity contribution in [2.75, 3.05) is 51.2 Å². The highest BCUT2D eigenvalue weighted by atomic mass is 35.5. The Hall–Kier alpha value is -3.92. The second-order valence-corrected chi connectivity index (χ2v) is 11.5. The van der Waals surface area contributed by atoms with E-state index in [0.29, 0.717) is 47.4 Å². The Balaban J connectivity index is 1.38. The minimum Gasteiger partial charge on any atom is -0.455 e. The van der Waals surface area contributed by atoms with Crippen LogP contribution < -0.4 is 15.0 Å². The minimum absolute atomic E-state index is 0.0852. The summed E-state index contributed by atoms with van der Waals surface area (Å²) in [5.74, 6) is 0.417. The monoisotopic (exact) mass is 603 g/mol. The summed E-state index contributed by atoms with van der Waals surface area (Å²) in [6.07, 6.45) is 2.37. The third kappa shape index (κ3) is 7.93. The van der Waals surface area contributed by atoms with E-state index in [0.717, 1.165) is 19.6 Å². The van der Waals surface area contributed by atoms with Gasteiger partial charge in [-0.25, -0.2) is 5.01 Å². The topological polar surface area (TPSA) is 85.4 Å². The van der Waals surface area contributed by atoms with Crippen LogP contribution in [0.5, 0.6) is 11.5 Å². The standard InChI is InChI=1S/C33H38ClN5O4/c1-24(40)25-9-14-31(43-29-12-10-28(34)11-13-29)30(19-25)38(22-32(41)35-15-18-37-16-5-6-17-37)23-33(42)36(2)39-20-26-7-3-4-8-27(26)21-39/h3-4,7-14,19H,5-6,15-18,20-23H2,1-2H3,(H,35,41). The number of rotatable bonds is 12. The van der Waals surface area contributed by atoms with Crippen LogP contribution >= 0.6 is 11.6 Å². The number of halogens is 1. The predicted octanol–water partition coefficient (Wildman–Crippen LogP) is 4.74. The lowest BCUT2D eigenvalue weighted by Gasteiger charge is -2.32. The second kappa shape index (κ2) is 14.0. The first-order valence-electron chi connectivity index (χ1n) is 14.7. The number of nitrogens with one attached hydrogen (secondary N) is 1. The van der Waals surface area contributed by atoms with Crippen LogP contribution in [0.2, 0.25) is 5.02 Å². The number of carbonyl (C=O) groups excluding carboxylic acids is 3. The second-order valence-electron chi connectivity index (χ2n) is 11.1. The highest BCUT2D eigenvalue weighted by Gasteiger charge is 2.28. The van der Waals surface area contributed by atoms with E-state index in [2.05, 4.69) is 22.3 Å². The first-order valence-corrected chi connectivity index (χ1v) is 15.1. The number of carbonyl (C=O) groups is 3. The van der Waals surface area contributed by atoms with E-state index < -0.39 is 0 Å². The molecule has 3 aromatic carbocycles. The molecule has 5 rings (SSSR count). The van der Waals surface area contributed by atoms with Crippen molar-refractivity contribution in [1.29, 1.82) is 0 Å². The molecule has 0 atom stereocenters. The lowest BCUT2D eigenvalue weighted by Crippen LogP contribution is -2.48. The van der Waals surface area contributed by atoms with Crippen molar-refractivity contribution in [3.63, 3.8) is 0 Å². The normalized spacial score (nSPS) is 14.8. The van der Waals surface area contributed by atoms with Gasteiger partial charge in [-0.05, 0) is 86.4 Å². The van der Waals surface area contributed by atoms with Gasteiger partial charge >= 0.3 is 0 Å². The summed E-state index contributed by atoms with van der Waals surface area (Å²) in [7, 11) is 1.75. The van der Waals surface area contributed by atoms with Crippen LogP contribution in [0.3, 0.4) is 0 Å². The SMILES string of the molecule is CC(=O)c1ccc(Oc2ccc(Cl)cc2)c(N(CC(=O)NCCN2CCCC2)CC(=O)N(C)N2Cc3ccccc3C2)c1. The maximum absolute atomic E-state index is 13.7. The van der Waals surface area contributed by atoms with Gasteiger partial charge in [0.05, 0.1) is 18.8 Å². The average molecular weight is 604 g/mol. The third-order valence-electron chi connectivity index (χ3n) is 7.97. The molecule has 3 aromatic rings. The van der Waals surface area contributed by atoms with Crippen molar-refractivity contribution in [2.45, 2.75) is 32.9 Å². The zero-order valence-corrected chi connectivity index (χ0v) is 25.5. The quantitative estimate of drug-likeness (QED) is 0.299. The first-order chi connectivity index (χ1) is 20.8. The summed E-state index contributed by atoms with van der Waals surface area (Å²) in [5, 5.41) is 7.19. The molecule has 0 unspecified atom stereocenters. The van der Waals surface area contributed by atoms with Crippen LogP contribution in [-0.4, -0.2) is 78.8 Å². The molecule has 0 radical (unpaired) electrons. The van der Waals surface area contributed by atoms with E-state index in [9.17, 15) is 14.4 Å². The van der Waals surface area contributed by atoms with Crippen LogP contribution in [0.4, 0.5) is 5.69 Å². The van der Waals surface area contributed by atoms with Crippen LogP contribution in [0.25, 0.3) is 0 Å². The number of hydrogen-bond acceptors (Lipinski definition) is 7. The molecule has 0 saturated carbocycles. The molecule has 43 heavy (non-hydrogen) atoms. The Morgan fingerprint density at radius 2 is 1.60 bits per heavy atom. The smallest absolute Gasteiger partial charge is 0.256 e. The van der Waals surface area contributed by atoms with Crippen LogP contribution in [0, 0.1) is 0 Å². The fraction of sp³-hybridized carbons (Fsp3) is 0.364. The van der Waals surface area contributed by atoms with Crippen molar-refractivity contribution in [3.8, 4) is 11.5 Å². The number of hydrazine groups is 1. The fourth-order valence-electron chi connectivity index (χ4n) is 5.47. The van der Waals surface area contributed by atoms with Crippen LogP contribution in [0.15, 0.2) is 66.7 Å². The van der Waals surface area contributed by atoms with Crippen molar-refractivity contribution < 1.29 is 19.1 Å². The Kier molecular flexibility index (Phi) is 9.97. The van der Waals surface area contributed by atoms with Gasteiger partial charge in [0.2, 0.25) is 5.91 Å². The number of likely N-dealkylation sites (tertiary alicyclic amines) is 1. The summed E-state index contributed by atoms with van der Waals surface area (Å²) in [4.78, 5) is 43.4. The van der Waals surface area contributed by atoms with E-state index in [1.165, 1.54) is 30.9 Å². The van der Waals surface area contributed by atoms with Gasteiger partial charge in [-0.1, -0.05) is 35.9 Å². The van der Waals surface area contributed by atoms with Gasteiger partial charge < -0.3 is 19.9 Å². The number of benzene rings is 3. The molecule has 2 aliphatic rings. The highest BCUT2D eigenvalue weighted by molar-refractivity contribution is 6.30. The van der Waals surface area contributed by atoms with Gasteiger partial charge in [0, 0.05) is 43.8 Å². The Morgan fingerprint density at radius 1 is 0.930 bits per heavy atom. The number of amides is 2. The number of nitrogens with zero attached hydrogens (tertiary/aromatic N) is 4. The molecule has 226 valence electrons. The number of hydrogen-bond donors (Lipinski definition) is 1. The van der Waals surface area contributed by atoms with Crippen molar-refractivity contribution in [1.82, 2.24) is 20.2 Å². The molecule has 0 spiro atoms. The number of Topliss-reactive ketones (excluding diaryl/α,β-unsaturated/α-hetero) is 1. The molecule has 1 saturated heterocycles. The van der Waals surface area contributed by atoms with Gasteiger partial charge in [-0.3, -0.25) is 19.4 Å². The van der Waals surface area contributed by atoms with Crippen molar-refractivity contribution in [2.24, 2.45) is 0 Å². The summed E-state index contributed by atoms with van der Waals surface area (Å²) in [6, 6.07) is 20.1. The molecule has 10 heteroatoms. The van der Waals surface area contributed by atoms with E-state index in [1.807, 2.05) is 17.1 Å². The first kappa shape index (κ1) is 30.5. The molecule has 1 fully saturated rings. The van der Waals surface area contributed by atoms with E-state index in [1.54, 1.807) is 59.4 Å². The lowest BCUT2D eigenvalue weighted by atomic mass is 10.1. The van der Waals surface area contributed by atoms with Crippen molar-refractivity contribution in [3.05, 3.63) is 88.4 Å². The van der Waals surface area contributed by atoms with E-state index in [4.69, 9.17) is 16.3 Å². The van der Waals surface area contributed by atoms with E-state index in [-0.39, 0.29) is 30.7 Å². The molecule has 2 heterocycles. The zero-order chi connectivity index (χ0) is 30.3. The van der Waals surface area contributed by atoms with Crippen LogP contribution in [-0.2, 0) is 22.7 Å². The van der Waals surface area contributed by atoms with Gasteiger partial charge in [0.1, 0.15) is 5.75 Å². The maximum atomic E-state index is 13.7.